The molecule has 3 N–H and O–H groups in total. The Kier molecular flexibility index (Phi) is 4.91. The number of benzene rings is 2. The SMILES string of the molecule is CC(C)N1CCc2c(sc(NC(=O)c3cccc4ccccc34)c2C(N)=O)C1. The van der Waals surface area contributed by atoms with Crippen LogP contribution >= 0.6 is 11.3 Å². The van der Waals surface area contributed by atoms with Crippen LogP contribution in [0.4, 0.5) is 5.00 Å². The molecule has 1 aromatic heterocycles. The van der Waals surface area contributed by atoms with E-state index in [2.05, 4.69) is 24.1 Å². The molecule has 1 aliphatic heterocycles. The number of nitrogens with one attached hydrogen (secondary N) is 1. The molecule has 1 aliphatic rings. The highest BCUT2D eigenvalue weighted by Crippen LogP contribution is 2.37. The molecular weight excluding hydrogens is 370 g/mol. The topological polar surface area (TPSA) is 75.4 Å². The molecule has 4 rings (SSSR count). The molecule has 0 bridgehead atoms. The number of hydrogen-bond donors (Lipinski definition) is 2. The maximum Gasteiger partial charge on any atom is 0.256 e. The molecule has 144 valence electrons. The van der Waals surface area contributed by atoms with E-state index in [1.54, 1.807) is 6.07 Å². The van der Waals surface area contributed by atoms with Crippen molar-refractivity contribution in [2.24, 2.45) is 5.73 Å². The van der Waals surface area contributed by atoms with Gasteiger partial charge in [0.05, 0.1) is 5.56 Å². The lowest BCUT2D eigenvalue weighted by Crippen LogP contribution is -2.35. The fourth-order valence-electron chi connectivity index (χ4n) is 3.81. The van der Waals surface area contributed by atoms with Gasteiger partial charge in [-0.15, -0.1) is 11.3 Å². The zero-order chi connectivity index (χ0) is 19.8. The second kappa shape index (κ2) is 7.37. The Morgan fingerprint density at radius 1 is 1.14 bits per heavy atom. The molecule has 0 spiro atoms. The van der Waals surface area contributed by atoms with E-state index in [1.165, 1.54) is 11.3 Å². The first-order chi connectivity index (χ1) is 13.5. The maximum atomic E-state index is 13.0. The van der Waals surface area contributed by atoms with Crippen molar-refractivity contribution in [2.45, 2.75) is 32.9 Å². The normalized spacial score (nSPS) is 14.2. The number of rotatable bonds is 4. The molecule has 0 atom stereocenters. The van der Waals surface area contributed by atoms with Crippen molar-refractivity contribution in [3.63, 3.8) is 0 Å². The van der Waals surface area contributed by atoms with E-state index in [1.807, 2.05) is 36.4 Å². The number of nitrogens with two attached hydrogens (primary N) is 1. The van der Waals surface area contributed by atoms with Gasteiger partial charge >= 0.3 is 0 Å². The molecule has 3 aromatic rings. The molecule has 0 aliphatic carbocycles. The first-order valence-corrected chi connectivity index (χ1v) is 10.2. The average Bonchev–Trinajstić information content (AvgIpc) is 3.04. The summed E-state index contributed by atoms with van der Waals surface area (Å²) in [5, 5.41) is 5.41. The van der Waals surface area contributed by atoms with Crippen molar-refractivity contribution < 1.29 is 9.59 Å². The lowest BCUT2D eigenvalue weighted by molar-refractivity contribution is 0.0999. The van der Waals surface area contributed by atoms with Crippen LogP contribution in [0.2, 0.25) is 0 Å². The minimum absolute atomic E-state index is 0.224. The summed E-state index contributed by atoms with van der Waals surface area (Å²) in [6.45, 7) is 5.99. The van der Waals surface area contributed by atoms with Crippen LogP contribution in [0.25, 0.3) is 10.8 Å². The molecule has 2 heterocycles. The molecule has 6 heteroatoms. The minimum Gasteiger partial charge on any atom is -0.365 e. The van der Waals surface area contributed by atoms with Gasteiger partial charge in [0, 0.05) is 29.6 Å². The molecule has 28 heavy (non-hydrogen) atoms. The number of carbonyl (C=O) groups excluding carboxylic acids is 2. The van der Waals surface area contributed by atoms with Gasteiger partial charge in [-0.2, -0.15) is 0 Å². The van der Waals surface area contributed by atoms with Gasteiger partial charge in [0.15, 0.2) is 0 Å². The Morgan fingerprint density at radius 3 is 2.64 bits per heavy atom. The summed E-state index contributed by atoms with van der Waals surface area (Å²) in [6.07, 6.45) is 0.770. The highest BCUT2D eigenvalue weighted by molar-refractivity contribution is 7.17. The van der Waals surface area contributed by atoms with Crippen molar-refractivity contribution in [1.82, 2.24) is 4.90 Å². The molecule has 0 fully saturated rings. The second-order valence-electron chi connectivity index (χ2n) is 7.37. The Balaban J connectivity index is 1.70. The van der Waals surface area contributed by atoms with Gasteiger partial charge in [0.1, 0.15) is 5.00 Å². The van der Waals surface area contributed by atoms with Crippen molar-refractivity contribution in [2.75, 3.05) is 11.9 Å². The molecule has 0 saturated carbocycles. The third-order valence-corrected chi connectivity index (χ3v) is 6.46. The highest BCUT2D eigenvalue weighted by Gasteiger charge is 2.28. The number of amides is 2. The van der Waals surface area contributed by atoms with E-state index < -0.39 is 5.91 Å². The van der Waals surface area contributed by atoms with Crippen LogP contribution < -0.4 is 11.1 Å². The lowest BCUT2D eigenvalue weighted by atomic mass is 10.0. The standard InChI is InChI=1S/C22H23N3O2S/c1-13(2)25-11-10-17-18(12-25)28-22(19(17)20(23)26)24-21(27)16-9-5-7-14-6-3-4-8-15(14)16/h3-9,13H,10-12H2,1-2H3,(H2,23,26)(H,24,27). The summed E-state index contributed by atoms with van der Waals surface area (Å²) in [7, 11) is 0. The van der Waals surface area contributed by atoms with Crippen LogP contribution in [0.15, 0.2) is 42.5 Å². The van der Waals surface area contributed by atoms with E-state index >= 15 is 0 Å². The van der Waals surface area contributed by atoms with Crippen molar-refractivity contribution in [3.8, 4) is 0 Å². The van der Waals surface area contributed by atoms with Gasteiger partial charge in [-0.3, -0.25) is 14.5 Å². The van der Waals surface area contributed by atoms with Crippen molar-refractivity contribution >= 4 is 38.9 Å². The number of primary amides is 1. The van der Waals surface area contributed by atoms with Crippen LogP contribution in [-0.4, -0.2) is 29.3 Å². The lowest BCUT2D eigenvalue weighted by Gasteiger charge is -2.30. The Bertz CT molecular complexity index is 1070. The predicted octanol–water partition coefficient (Wildman–Crippen LogP) is 4.02. The molecule has 5 nitrogen and oxygen atoms in total. The molecule has 0 saturated heterocycles. The Morgan fingerprint density at radius 2 is 1.89 bits per heavy atom. The number of anilines is 1. The van der Waals surface area contributed by atoms with Gasteiger partial charge in [0.25, 0.3) is 11.8 Å². The molecular formula is C22H23N3O2S. The third kappa shape index (κ3) is 3.30. The second-order valence-corrected chi connectivity index (χ2v) is 8.47. The fraction of sp³-hybridized carbons (Fsp3) is 0.273. The van der Waals surface area contributed by atoms with Crippen LogP contribution in [0.1, 0.15) is 45.0 Å². The van der Waals surface area contributed by atoms with Crippen molar-refractivity contribution in [3.05, 3.63) is 64.0 Å². The number of thiophene rings is 1. The van der Waals surface area contributed by atoms with Gasteiger partial charge in [-0.25, -0.2) is 0 Å². The number of hydrogen-bond acceptors (Lipinski definition) is 4. The van der Waals surface area contributed by atoms with E-state index in [4.69, 9.17) is 5.73 Å². The molecule has 2 amide bonds. The van der Waals surface area contributed by atoms with Gasteiger partial charge in [-0.05, 0) is 42.7 Å². The number of nitrogens with zero attached hydrogens (tertiary/aromatic N) is 1. The molecule has 0 radical (unpaired) electrons. The first-order valence-electron chi connectivity index (χ1n) is 9.43. The third-order valence-electron chi connectivity index (χ3n) is 5.32. The quantitative estimate of drug-likeness (QED) is 0.703. The van der Waals surface area contributed by atoms with E-state index in [9.17, 15) is 9.59 Å². The summed E-state index contributed by atoms with van der Waals surface area (Å²) in [5.74, 6) is -0.706. The fourth-order valence-corrected chi connectivity index (χ4v) is 5.08. The number of fused-ring (bicyclic) bond motifs is 2. The average molecular weight is 394 g/mol. The van der Waals surface area contributed by atoms with E-state index in [-0.39, 0.29) is 5.91 Å². The molecule has 2 aromatic carbocycles. The summed E-state index contributed by atoms with van der Waals surface area (Å²) in [4.78, 5) is 28.7. The Hall–Kier alpha value is -2.70. The smallest absolute Gasteiger partial charge is 0.256 e. The van der Waals surface area contributed by atoms with Crippen molar-refractivity contribution in [1.29, 1.82) is 0 Å². The minimum atomic E-state index is -0.483. The van der Waals surface area contributed by atoms with Gasteiger partial charge in [-0.1, -0.05) is 36.4 Å². The van der Waals surface area contributed by atoms with Gasteiger partial charge in [0.2, 0.25) is 0 Å². The summed E-state index contributed by atoms with van der Waals surface area (Å²) >= 11 is 1.47. The number of carbonyl (C=O) groups is 2. The summed E-state index contributed by atoms with van der Waals surface area (Å²) < 4.78 is 0. The largest absolute Gasteiger partial charge is 0.365 e. The highest BCUT2D eigenvalue weighted by atomic mass is 32.1. The van der Waals surface area contributed by atoms with Crippen LogP contribution in [-0.2, 0) is 13.0 Å². The monoisotopic (exact) mass is 393 g/mol. The first kappa shape index (κ1) is 18.7. The Labute approximate surface area is 168 Å². The van der Waals surface area contributed by atoms with Crippen LogP contribution in [0, 0.1) is 0 Å². The zero-order valence-corrected chi connectivity index (χ0v) is 16.8. The molecule has 0 unspecified atom stereocenters. The van der Waals surface area contributed by atoms with E-state index in [0.717, 1.165) is 40.7 Å². The van der Waals surface area contributed by atoms with Crippen LogP contribution in [0.5, 0.6) is 0 Å². The summed E-state index contributed by atoms with van der Waals surface area (Å²) in [5.41, 5.74) is 7.73. The summed E-state index contributed by atoms with van der Waals surface area (Å²) in [6, 6.07) is 13.8. The zero-order valence-electron chi connectivity index (χ0n) is 16.0. The van der Waals surface area contributed by atoms with Crippen LogP contribution in [0.3, 0.4) is 0 Å². The van der Waals surface area contributed by atoms with E-state index in [0.29, 0.717) is 22.2 Å². The maximum absolute atomic E-state index is 13.0. The predicted molar refractivity (Wildman–Crippen MR) is 114 cm³/mol. The van der Waals surface area contributed by atoms with Gasteiger partial charge < -0.3 is 11.1 Å².